The van der Waals surface area contributed by atoms with E-state index in [0.717, 1.165) is 25.7 Å². The van der Waals surface area contributed by atoms with Crippen LogP contribution in [-0.2, 0) is 0 Å². The van der Waals surface area contributed by atoms with Crippen LogP contribution in [0.2, 0.25) is 0 Å². The molecule has 3 N–H and O–H groups in total. The Kier molecular flexibility index (Phi) is 4.24. The smallest absolute Gasteiger partial charge is 0.339 e. The third-order valence-electron chi connectivity index (χ3n) is 3.72. The molecule has 5 nitrogen and oxygen atoms in total. The third kappa shape index (κ3) is 3.36. The zero-order valence-corrected chi connectivity index (χ0v) is 11.1. The summed E-state index contributed by atoms with van der Waals surface area (Å²) < 4.78 is 5.84. The number of nitrogens with zero attached hydrogens (tertiary/aromatic N) is 1. The van der Waals surface area contributed by atoms with Crippen molar-refractivity contribution in [3.8, 4) is 5.75 Å². The fourth-order valence-electron chi connectivity index (χ4n) is 2.62. The first-order valence-electron chi connectivity index (χ1n) is 6.75. The molecule has 0 bridgehead atoms. The standard InChI is InChI=1S/C14H20N2O3/c1-2-9-4-3-5-10(6-9)19-12-8-16-13(15)7-11(12)14(17)18/h7-10H,2-6H2,1H3,(H2,15,16)(H,17,18). The average molecular weight is 264 g/mol. The van der Waals surface area contributed by atoms with Gasteiger partial charge in [0, 0.05) is 0 Å². The van der Waals surface area contributed by atoms with Gasteiger partial charge in [0.2, 0.25) is 0 Å². The van der Waals surface area contributed by atoms with Gasteiger partial charge in [0.15, 0.2) is 5.75 Å². The highest BCUT2D eigenvalue weighted by Gasteiger charge is 2.24. The molecule has 1 aliphatic rings. The van der Waals surface area contributed by atoms with Gasteiger partial charge in [-0.3, -0.25) is 0 Å². The van der Waals surface area contributed by atoms with E-state index in [4.69, 9.17) is 15.6 Å². The Hall–Kier alpha value is -1.78. The van der Waals surface area contributed by atoms with E-state index in [2.05, 4.69) is 11.9 Å². The predicted octanol–water partition coefficient (Wildman–Crippen LogP) is 2.71. The largest absolute Gasteiger partial charge is 0.488 e. The van der Waals surface area contributed by atoms with Crippen LogP contribution >= 0.6 is 0 Å². The minimum atomic E-state index is -1.04. The van der Waals surface area contributed by atoms with Crippen molar-refractivity contribution in [2.24, 2.45) is 5.92 Å². The molecule has 2 atom stereocenters. The van der Waals surface area contributed by atoms with E-state index in [1.54, 1.807) is 0 Å². The summed E-state index contributed by atoms with van der Waals surface area (Å²) in [7, 11) is 0. The van der Waals surface area contributed by atoms with Crippen LogP contribution in [0, 0.1) is 5.92 Å². The van der Waals surface area contributed by atoms with Crippen molar-refractivity contribution in [1.82, 2.24) is 4.98 Å². The van der Waals surface area contributed by atoms with E-state index >= 15 is 0 Å². The number of nitrogens with two attached hydrogens (primary N) is 1. The molecule has 0 aliphatic heterocycles. The summed E-state index contributed by atoms with van der Waals surface area (Å²) >= 11 is 0. The first-order chi connectivity index (χ1) is 9.10. The van der Waals surface area contributed by atoms with Gasteiger partial charge >= 0.3 is 5.97 Å². The van der Waals surface area contributed by atoms with Gasteiger partial charge < -0.3 is 15.6 Å². The van der Waals surface area contributed by atoms with Crippen LogP contribution < -0.4 is 10.5 Å². The van der Waals surface area contributed by atoms with Gasteiger partial charge in [-0.2, -0.15) is 0 Å². The molecule has 1 fully saturated rings. The number of rotatable bonds is 4. The van der Waals surface area contributed by atoms with Crippen molar-refractivity contribution in [1.29, 1.82) is 0 Å². The molecule has 0 amide bonds. The number of hydrogen-bond donors (Lipinski definition) is 2. The highest BCUT2D eigenvalue weighted by atomic mass is 16.5. The Bertz CT molecular complexity index is 462. The van der Waals surface area contributed by atoms with E-state index in [1.807, 2.05) is 0 Å². The monoisotopic (exact) mass is 264 g/mol. The van der Waals surface area contributed by atoms with Crippen molar-refractivity contribution < 1.29 is 14.6 Å². The van der Waals surface area contributed by atoms with E-state index in [0.29, 0.717) is 11.7 Å². The summed E-state index contributed by atoms with van der Waals surface area (Å²) in [5.74, 6) is 0.156. The summed E-state index contributed by atoms with van der Waals surface area (Å²) in [4.78, 5) is 15.1. The number of anilines is 1. The Morgan fingerprint density at radius 2 is 2.37 bits per heavy atom. The van der Waals surface area contributed by atoms with Gasteiger partial charge in [-0.25, -0.2) is 9.78 Å². The summed E-state index contributed by atoms with van der Waals surface area (Å²) in [5, 5.41) is 9.15. The van der Waals surface area contributed by atoms with Gasteiger partial charge in [-0.15, -0.1) is 0 Å². The lowest BCUT2D eigenvalue weighted by Gasteiger charge is -2.29. The first-order valence-corrected chi connectivity index (χ1v) is 6.75. The summed E-state index contributed by atoms with van der Waals surface area (Å²) in [5.41, 5.74) is 5.60. The topological polar surface area (TPSA) is 85.4 Å². The van der Waals surface area contributed by atoms with Gasteiger partial charge in [0.25, 0.3) is 0 Å². The maximum atomic E-state index is 11.2. The van der Waals surface area contributed by atoms with Gasteiger partial charge in [-0.05, 0) is 31.2 Å². The maximum absolute atomic E-state index is 11.2. The van der Waals surface area contributed by atoms with Crippen LogP contribution in [0.15, 0.2) is 12.3 Å². The minimum absolute atomic E-state index is 0.0854. The number of carbonyl (C=O) groups is 1. The second-order valence-electron chi connectivity index (χ2n) is 5.09. The second-order valence-corrected chi connectivity index (χ2v) is 5.09. The molecule has 0 radical (unpaired) electrons. The van der Waals surface area contributed by atoms with Crippen molar-refractivity contribution >= 4 is 11.8 Å². The first kappa shape index (κ1) is 13.6. The van der Waals surface area contributed by atoms with Crippen LogP contribution in [-0.4, -0.2) is 22.2 Å². The van der Waals surface area contributed by atoms with Crippen LogP contribution in [0.4, 0.5) is 5.82 Å². The van der Waals surface area contributed by atoms with Crippen LogP contribution in [0.3, 0.4) is 0 Å². The average Bonchev–Trinajstić information content (AvgIpc) is 2.41. The van der Waals surface area contributed by atoms with E-state index in [-0.39, 0.29) is 17.5 Å². The molecule has 0 spiro atoms. The molecule has 1 aliphatic carbocycles. The van der Waals surface area contributed by atoms with E-state index in [9.17, 15) is 4.79 Å². The third-order valence-corrected chi connectivity index (χ3v) is 3.72. The van der Waals surface area contributed by atoms with Crippen molar-refractivity contribution in [3.05, 3.63) is 17.8 Å². The molecular weight excluding hydrogens is 244 g/mol. The molecule has 1 aromatic rings. The lowest BCUT2D eigenvalue weighted by Crippen LogP contribution is -2.26. The number of carboxylic acid groups (broad SMARTS) is 1. The lowest BCUT2D eigenvalue weighted by molar-refractivity contribution is 0.0681. The molecule has 0 saturated heterocycles. The van der Waals surface area contributed by atoms with Crippen molar-refractivity contribution in [2.75, 3.05) is 5.73 Å². The quantitative estimate of drug-likeness (QED) is 0.873. The fourth-order valence-corrected chi connectivity index (χ4v) is 2.62. The lowest BCUT2D eigenvalue weighted by atomic mass is 9.85. The Morgan fingerprint density at radius 1 is 1.58 bits per heavy atom. The molecule has 0 aromatic carbocycles. The number of pyridine rings is 1. The minimum Gasteiger partial charge on any atom is -0.488 e. The molecule has 5 heteroatoms. The fraction of sp³-hybridized carbons (Fsp3) is 0.571. The molecule has 2 rings (SSSR count). The highest BCUT2D eigenvalue weighted by Crippen LogP contribution is 2.30. The maximum Gasteiger partial charge on any atom is 0.339 e. The number of aromatic carboxylic acids is 1. The summed E-state index contributed by atoms with van der Waals surface area (Å²) in [6, 6.07) is 1.35. The second kappa shape index (κ2) is 5.91. The van der Waals surface area contributed by atoms with Crippen LogP contribution in [0.1, 0.15) is 49.4 Å². The predicted molar refractivity (Wildman–Crippen MR) is 72.3 cm³/mol. The van der Waals surface area contributed by atoms with Crippen molar-refractivity contribution in [3.63, 3.8) is 0 Å². The van der Waals surface area contributed by atoms with Gasteiger partial charge in [-0.1, -0.05) is 19.8 Å². The number of nitrogen functional groups attached to an aromatic ring is 1. The molecule has 1 saturated carbocycles. The summed E-state index contributed by atoms with van der Waals surface area (Å²) in [6.45, 7) is 2.18. The SMILES string of the molecule is CCC1CCCC(Oc2cnc(N)cc2C(=O)O)C1. The van der Waals surface area contributed by atoms with Crippen molar-refractivity contribution in [2.45, 2.75) is 45.1 Å². The van der Waals surface area contributed by atoms with E-state index in [1.165, 1.54) is 18.7 Å². The number of carboxylic acids is 1. The molecule has 1 heterocycles. The van der Waals surface area contributed by atoms with Gasteiger partial charge in [0.1, 0.15) is 11.4 Å². The Morgan fingerprint density at radius 3 is 3.05 bits per heavy atom. The molecule has 104 valence electrons. The van der Waals surface area contributed by atoms with E-state index < -0.39 is 5.97 Å². The summed E-state index contributed by atoms with van der Waals surface area (Å²) in [6.07, 6.45) is 6.97. The molecule has 19 heavy (non-hydrogen) atoms. The molecular formula is C14H20N2O3. The van der Waals surface area contributed by atoms with Crippen LogP contribution in [0.5, 0.6) is 5.75 Å². The highest BCUT2D eigenvalue weighted by molar-refractivity contribution is 5.91. The number of hydrogen-bond acceptors (Lipinski definition) is 4. The zero-order valence-electron chi connectivity index (χ0n) is 11.1. The normalized spacial score (nSPS) is 23.0. The van der Waals surface area contributed by atoms with Crippen LogP contribution in [0.25, 0.3) is 0 Å². The molecule has 1 aromatic heterocycles. The Labute approximate surface area is 112 Å². The van der Waals surface area contributed by atoms with Gasteiger partial charge in [0.05, 0.1) is 12.3 Å². The Balaban J connectivity index is 2.12. The number of ether oxygens (including phenoxy) is 1. The number of aromatic nitrogens is 1. The molecule has 2 unspecified atom stereocenters. The zero-order chi connectivity index (χ0) is 13.8.